The molecule has 0 radical (unpaired) electrons. The summed E-state index contributed by atoms with van der Waals surface area (Å²) < 4.78 is 30.4. The van der Waals surface area contributed by atoms with Crippen LogP contribution >= 0.6 is 11.6 Å². The van der Waals surface area contributed by atoms with Crippen LogP contribution in [0.4, 0.5) is 11.4 Å². The van der Waals surface area contributed by atoms with Gasteiger partial charge in [-0.15, -0.1) is 0 Å². The normalized spacial score (nSPS) is 16.5. The van der Waals surface area contributed by atoms with Gasteiger partial charge in [0.25, 0.3) is 0 Å². The number of carbonyl (C=O) groups is 1. The standard InChI is InChI=1S/C17H17ClN2O4S/c1-25(22,23)20-15-5-3-14(4-6-15)19-17(21)12-8-11-9-13(18)2-7-16(11)24-10-12/h2-7,9,12,20H,8,10H2,1H3,(H,19,21)/t12-/m0/s1. The Hall–Kier alpha value is -2.25. The number of nitrogens with one attached hydrogen (secondary N) is 2. The van der Waals surface area contributed by atoms with Crippen molar-refractivity contribution in [1.29, 1.82) is 0 Å². The molecule has 6 nitrogen and oxygen atoms in total. The first kappa shape index (κ1) is 17.6. The summed E-state index contributed by atoms with van der Waals surface area (Å²) >= 11 is 5.99. The summed E-state index contributed by atoms with van der Waals surface area (Å²) in [4.78, 5) is 12.4. The minimum atomic E-state index is -3.33. The highest BCUT2D eigenvalue weighted by molar-refractivity contribution is 7.92. The van der Waals surface area contributed by atoms with Crippen LogP contribution in [0.25, 0.3) is 0 Å². The third kappa shape index (κ3) is 4.64. The largest absolute Gasteiger partial charge is 0.492 e. The Morgan fingerprint density at radius 3 is 2.52 bits per heavy atom. The zero-order valence-electron chi connectivity index (χ0n) is 13.5. The van der Waals surface area contributed by atoms with Crippen LogP contribution < -0.4 is 14.8 Å². The van der Waals surface area contributed by atoms with Gasteiger partial charge in [0, 0.05) is 16.4 Å². The monoisotopic (exact) mass is 380 g/mol. The van der Waals surface area contributed by atoms with E-state index in [0.717, 1.165) is 17.6 Å². The van der Waals surface area contributed by atoms with E-state index in [-0.39, 0.29) is 11.8 Å². The highest BCUT2D eigenvalue weighted by Gasteiger charge is 2.26. The van der Waals surface area contributed by atoms with Gasteiger partial charge in [-0.05, 0) is 54.4 Å². The average molecular weight is 381 g/mol. The van der Waals surface area contributed by atoms with Gasteiger partial charge in [0.05, 0.1) is 12.2 Å². The second kappa shape index (κ2) is 6.93. The van der Waals surface area contributed by atoms with Crippen LogP contribution in [0.2, 0.25) is 5.02 Å². The minimum Gasteiger partial charge on any atom is -0.492 e. The quantitative estimate of drug-likeness (QED) is 0.854. The number of amides is 1. The molecule has 0 saturated carbocycles. The molecule has 0 fully saturated rings. The molecule has 3 rings (SSSR count). The lowest BCUT2D eigenvalue weighted by molar-refractivity contribution is -0.121. The SMILES string of the molecule is CS(=O)(=O)Nc1ccc(NC(=O)[C@@H]2COc3ccc(Cl)cc3C2)cc1. The van der Waals surface area contributed by atoms with E-state index >= 15 is 0 Å². The van der Waals surface area contributed by atoms with Gasteiger partial charge in [-0.25, -0.2) is 8.42 Å². The first-order chi connectivity index (χ1) is 11.8. The van der Waals surface area contributed by atoms with E-state index in [9.17, 15) is 13.2 Å². The minimum absolute atomic E-state index is 0.158. The van der Waals surface area contributed by atoms with E-state index in [1.807, 2.05) is 6.07 Å². The van der Waals surface area contributed by atoms with Crippen LogP contribution in [0.15, 0.2) is 42.5 Å². The Kier molecular flexibility index (Phi) is 4.87. The molecule has 0 aromatic heterocycles. The first-order valence-electron chi connectivity index (χ1n) is 7.60. The lowest BCUT2D eigenvalue weighted by atomic mass is 9.96. The predicted molar refractivity (Wildman–Crippen MR) is 97.7 cm³/mol. The van der Waals surface area contributed by atoms with E-state index in [1.165, 1.54) is 0 Å². The van der Waals surface area contributed by atoms with E-state index in [2.05, 4.69) is 10.0 Å². The number of hydrogen-bond acceptors (Lipinski definition) is 4. The summed E-state index contributed by atoms with van der Waals surface area (Å²) in [6, 6.07) is 11.8. The van der Waals surface area contributed by atoms with Gasteiger partial charge in [0.15, 0.2) is 0 Å². The zero-order valence-corrected chi connectivity index (χ0v) is 15.0. The van der Waals surface area contributed by atoms with Gasteiger partial charge >= 0.3 is 0 Å². The highest BCUT2D eigenvalue weighted by atomic mass is 35.5. The van der Waals surface area contributed by atoms with Crippen molar-refractivity contribution >= 4 is 38.9 Å². The molecule has 1 aliphatic heterocycles. The maximum atomic E-state index is 12.4. The third-order valence-electron chi connectivity index (χ3n) is 3.76. The summed E-state index contributed by atoms with van der Waals surface area (Å²) in [7, 11) is -3.33. The van der Waals surface area contributed by atoms with Crippen molar-refractivity contribution in [3.8, 4) is 5.75 Å². The first-order valence-corrected chi connectivity index (χ1v) is 9.87. The van der Waals surface area contributed by atoms with Crippen LogP contribution in [0.3, 0.4) is 0 Å². The van der Waals surface area contributed by atoms with E-state index in [1.54, 1.807) is 36.4 Å². The summed E-state index contributed by atoms with van der Waals surface area (Å²) in [6.45, 7) is 0.300. The van der Waals surface area contributed by atoms with E-state index in [0.29, 0.717) is 29.4 Å². The molecule has 25 heavy (non-hydrogen) atoms. The molecule has 0 unspecified atom stereocenters. The summed E-state index contributed by atoms with van der Waals surface area (Å²) in [5, 5.41) is 3.43. The molecular formula is C17H17ClN2O4S. The van der Waals surface area contributed by atoms with Gasteiger partial charge in [0.1, 0.15) is 12.4 Å². The number of hydrogen-bond donors (Lipinski definition) is 2. The second-order valence-corrected chi connectivity index (χ2v) is 8.09. The number of fused-ring (bicyclic) bond motifs is 1. The topological polar surface area (TPSA) is 84.5 Å². The van der Waals surface area contributed by atoms with Crippen molar-refractivity contribution in [2.45, 2.75) is 6.42 Å². The molecule has 2 aromatic carbocycles. The van der Waals surface area contributed by atoms with Crippen molar-refractivity contribution in [1.82, 2.24) is 0 Å². The maximum Gasteiger partial charge on any atom is 0.231 e. The van der Waals surface area contributed by atoms with Gasteiger partial charge in [-0.2, -0.15) is 0 Å². The Balaban J connectivity index is 1.65. The number of rotatable bonds is 4. The smallest absolute Gasteiger partial charge is 0.231 e. The molecule has 132 valence electrons. The zero-order chi connectivity index (χ0) is 18.0. The molecule has 0 saturated heterocycles. The predicted octanol–water partition coefficient (Wildman–Crippen LogP) is 2.90. The molecule has 0 aliphatic carbocycles. The molecule has 0 spiro atoms. The fourth-order valence-corrected chi connectivity index (χ4v) is 3.37. The van der Waals surface area contributed by atoms with E-state index < -0.39 is 10.0 Å². The van der Waals surface area contributed by atoms with Gasteiger partial charge in [-0.3, -0.25) is 9.52 Å². The van der Waals surface area contributed by atoms with Crippen LogP contribution in [0.1, 0.15) is 5.56 Å². The summed E-state index contributed by atoms with van der Waals surface area (Å²) in [5.41, 5.74) is 1.93. The Morgan fingerprint density at radius 1 is 1.16 bits per heavy atom. The number of ether oxygens (including phenoxy) is 1. The van der Waals surface area contributed by atoms with Crippen LogP contribution in [0.5, 0.6) is 5.75 Å². The molecular weight excluding hydrogens is 364 g/mol. The third-order valence-corrected chi connectivity index (χ3v) is 4.60. The molecule has 1 heterocycles. The molecule has 2 N–H and O–H groups in total. The number of anilines is 2. The molecule has 1 amide bonds. The van der Waals surface area contributed by atoms with Crippen molar-refractivity contribution in [2.24, 2.45) is 5.92 Å². The summed E-state index contributed by atoms with van der Waals surface area (Å²) in [6.07, 6.45) is 1.63. The van der Waals surface area contributed by atoms with Gasteiger partial charge in [-0.1, -0.05) is 11.6 Å². The number of halogens is 1. The Morgan fingerprint density at radius 2 is 1.84 bits per heavy atom. The maximum absolute atomic E-state index is 12.4. The number of benzene rings is 2. The Labute approximate surface area is 151 Å². The molecule has 2 aromatic rings. The summed E-state index contributed by atoms with van der Waals surface area (Å²) in [5.74, 6) is 0.277. The molecule has 1 atom stereocenters. The Bertz CT molecular complexity index is 897. The van der Waals surface area contributed by atoms with Crippen LogP contribution in [0, 0.1) is 5.92 Å². The molecule has 8 heteroatoms. The lowest BCUT2D eigenvalue weighted by Gasteiger charge is -2.24. The van der Waals surface area contributed by atoms with Crippen molar-refractivity contribution in [3.05, 3.63) is 53.1 Å². The van der Waals surface area contributed by atoms with Gasteiger partial charge < -0.3 is 10.1 Å². The highest BCUT2D eigenvalue weighted by Crippen LogP contribution is 2.30. The van der Waals surface area contributed by atoms with Crippen molar-refractivity contribution in [3.63, 3.8) is 0 Å². The van der Waals surface area contributed by atoms with Crippen molar-refractivity contribution < 1.29 is 17.9 Å². The lowest BCUT2D eigenvalue weighted by Crippen LogP contribution is -2.32. The van der Waals surface area contributed by atoms with Crippen LogP contribution in [-0.2, 0) is 21.2 Å². The van der Waals surface area contributed by atoms with Gasteiger partial charge in [0.2, 0.25) is 15.9 Å². The van der Waals surface area contributed by atoms with E-state index in [4.69, 9.17) is 16.3 Å². The fourth-order valence-electron chi connectivity index (χ4n) is 2.61. The molecule has 1 aliphatic rings. The number of carbonyl (C=O) groups excluding carboxylic acids is 1. The van der Waals surface area contributed by atoms with Crippen molar-refractivity contribution in [2.75, 3.05) is 22.9 Å². The second-order valence-electron chi connectivity index (χ2n) is 5.90. The molecule has 0 bridgehead atoms. The average Bonchev–Trinajstić information content (AvgIpc) is 2.54. The van der Waals surface area contributed by atoms with Crippen LogP contribution in [-0.4, -0.2) is 27.2 Å². The fraction of sp³-hybridized carbons (Fsp3) is 0.235. The number of sulfonamides is 1.